The van der Waals surface area contributed by atoms with Gasteiger partial charge in [0.05, 0.1) is 6.10 Å². The van der Waals surface area contributed by atoms with Crippen molar-refractivity contribution in [3.63, 3.8) is 0 Å². The van der Waals surface area contributed by atoms with Gasteiger partial charge in [-0.1, -0.05) is 12.2 Å². The first-order chi connectivity index (χ1) is 7.59. The maximum atomic E-state index is 11.3. The lowest BCUT2D eigenvalue weighted by atomic mass is 10.1. The van der Waals surface area contributed by atoms with Crippen LogP contribution in [0.5, 0.6) is 0 Å². The molecular formula is C12H16O4. The van der Waals surface area contributed by atoms with Gasteiger partial charge in [0.15, 0.2) is 5.78 Å². The fraction of sp³-hybridized carbons (Fsp3) is 0.500. The minimum absolute atomic E-state index is 0.0198. The van der Waals surface area contributed by atoms with E-state index in [0.29, 0.717) is 24.8 Å². The van der Waals surface area contributed by atoms with Crippen LogP contribution >= 0.6 is 0 Å². The summed E-state index contributed by atoms with van der Waals surface area (Å²) in [5.41, 5.74) is 0.690. The predicted octanol–water partition coefficient (Wildman–Crippen LogP) is 1.45. The second kappa shape index (κ2) is 6.23. The zero-order chi connectivity index (χ0) is 12.0. The number of carboxylic acid groups (broad SMARTS) is 1. The largest absolute Gasteiger partial charge is 0.481 e. The summed E-state index contributed by atoms with van der Waals surface area (Å²) in [6, 6.07) is 0. The molecule has 1 aliphatic rings. The van der Waals surface area contributed by atoms with Gasteiger partial charge in [-0.05, 0) is 30.9 Å². The van der Waals surface area contributed by atoms with Gasteiger partial charge in [0.1, 0.15) is 0 Å². The average Bonchev–Trinajstić information content (AvgIpc) is 2.50. The Kier molecular flexibility index (Phi) is 4.92. The van der Waals surface area contributed by atoms with E-state index < -0.39 is 12.1 Å². The van der Waals surface area contributed by atoms with Crippen molar-refractivity contribution in [1.82, 2.24) is 0 Å². The van der Waals surface area contributed by atoms with E-state index in [4.69, 9.17) is 5.11 Å². The minimum Gasteiger partial charge on any atom is -0.481 e. The Morgan fingerprint density at radius 1 is 1.44 bits per heavy atom. The molecule has 4 heteroatoms. The van der Waals surface area contributed by atoms with E-state index in [9.17, 15) is 14.7 Å². The molecule has 0 spiro atoms. The highest BCUT2D eigenvalue weighted by Crippen LogP contribution is 2.19. The minimum atomic E-state index is -0.804. The monoisotopic (exact) mass is 224 g/mol. The summed E-state index contributed by atoms with van der Waals surface area (Å²) in [4.78, 5) is 21.5. The molecule has 0 aliphatic heterocycles. The Morgan fingerprint density at radius 3 is 2.69 bits per heavy atom. The van der Waals surface area contributed by atoms with Gasteiger partial charge in [0.25, 0.3) is 0 Å². The van der Waals surface area contributed by atoms with Crippen LogP contribution in [0.2, 0.25) is 0 Å². The molecule has 1 atom stereocenters. The number of Topliss-reactive ketones (excluding diaryl/α,β-unsaturated/α-hetero) is 1. The van der Waals surface area contributed by atoms with Gasteiger partial charge in [0, 0.05) is 12.8 Å². The molecule has 0 heterocycles. The van der Waals surface area contributed by atoms with E-state index in [0.717, 1.165) is 0 Å². The molecule has 0 aromatic heterocycles. The molecule has 4 nitrogen and oxygen atoms in total. The molecule has 0 radical (unpaired) electrons. The molecule has 0 fully saturated rings. The molecule has 88 valence electrons. The number of carbonyl (C=O) groups excluding carboxylic acids is 1. The van der Waals surface area contributed by atoms with Crippen molar-refractivity contribution in [1.29, 1.82) is 0 Å². The van der Waals surface area contributed by atoms with Gasteiger partial charge in [-0.15, -0.1) is 0 Å². The number of allylic oxidation sites excluding steroid dienone is 3. The number of aliphatic hydroxyl groups is 1. The maximum Gasteiger partial charge on any atom is 0.303 e. The quantitative estimate of drug-likeness (QED) is 0.669. The number of rotatable bonds is 6. The van der Waals surface area contributed by atoms with Gasteiger partial charge in [-0.25, -0.2) is 0 Å². The summed E-state index contributed by atoms with van der Waals surface area (Å²) < 4.78 is 0. The fourth-order valence-corrected chi connectivity index (χ4v) is 1.61. The SMILES string of the molecule is O=C(O)CC/C=C\CCC1=C[C@@H](O)CC1=O. The first-order valence-electron chi connectivity index (χ1n) is 5.38. The van der Waals surface area contributed by atoms with Gasteiger partial charge in [-0.2, -0.15) is 0 Å². The first-order valence-corrected chi connectivity index (χ1v) is 5.38. The molecule has 0 aromatic rings. The Bertz CT molecular complexity index is 328. The summed E-state index contributed by atoms with van der Waals surface area (Å²) in [6.45, 7) is 0. The smallest absolute Gasteiger partial charge is 0.303 e. The first kappa shape index (κ1) is 12.6. The predicted molar refractivity (Wildman–Crippen MR) is 59.0 cm³/mol. The standard InChI is InChI=1S/C12H16O4/c13-10-7-9(11(14)8-10)5-3-1-2-4-6-12(15)16/h1-2,7,10,13H,3-6,8H2,(H,15,16)/b2-1-/t10-/m1/s1. The number of carboxylic acids is 1. The molecule has 16 heavy (non-hydrogen) atoms. The van der Waals surface area contributed by atoms with Crippen molar-refractivity contribution >= 4 is 11.8 Å². The molecule has 0 unspecified atom stereocenters. The molecule has 0 aromatic carbocycles. The number of ketones is 1. The average molecular weight is 224 g/mol. The van der Waals surface area contributed by atoms with Crippen LogP contribution in [-0.4, -0.2) is 28.1 Å². The summed E-state index contributed by atoms with van der Waals surface area (Å²) in [6.07, 6.45) is 6.88. The number of hydrogen-bond donors (Lipinski definition) is 2. The highest BCUT2D eigenvalue weighted by Gasteiger charge is 2.20. The molecule has 0 saturated heterocycles. The van der Waals surface area contributed by atoms with Crippen LogP contribution in [0.25, 0.3) is 0 Å². The fourth-order valence-electron chi connectivity index (χ4n) is 1.61. The van der Waals surface area contributed by atoms with Crippen LogP contribution < -0.4 is 0 Å². The number of aliphatic carboxylic acids is 1. The zero-order valence-electron chi connectivity index (χ0n) is 9.06. The highest BCUT2D eigenvalue weighted by atomic mass is 16.4. The van der Waals surface area contributed by atoms with Crippen molar-refractivity contribution in [3.8, 4) is 0 Å². The molecule has 1 aliphatic carbocycles. The van der Waals surface area contributed by atoms with E-state index in [-0.39, 0.29) is 18.6 Å². The number of carbonyl (C=O) groups is 2. The summed E-state index contributed by atoms with van der Waals surface area (Å²) in [5.74, 6) is -0.784. The second-order valence-corrected chi connectivity index (χ2v) is 3.83. The number of hydrogen-bond acceptors (Lipinski definition) is 3. The van der Waals surface area contributed by atoms with Gasteiger partial charge >= 0.3 is 5.97 Å². The van der Waals surface area contributed by atoms with Crippen molar-refractivity contribution in [2.24, 2.45) is 0 Å². The summed E-state index contributed by atoms with van der Waals surface area (Å²) in [7, 11) is 0. The number of aliphatic hydroxyl groups excluding tert-OH is 1. The Balaban J connectivity index is 2.18. The van der Waals surface area contributed by atoms with Crippen LogP contribution in [0.3, 0.4) is 0 Å². The van der Waals surface area contributed by atoms with Crippen LogP contribution in [0.4, 0.5) is 0 Å². The third-order valence-electron chi connectivity index (χ3n) is 2.42. The van der Waals surface area contributed by atoms with Crippen LogP contribution in [0, 0.1) is 0 Å². The van der Waals surface area contributed by atoms with E-state index in [1.807, 2.05) is 12.2 Å². The normalized spacial score (nSPS) is 20.4. The van der Waals surface area contributed by atoms with E-state index >= 15 is 0 Å². The maximum absolute atomic E-state index is 11.3. The second-order valence-electron chi connectivity index (χ2n) is 3.83. The van der Waals surface area contributed by atoms with E-state index in [2.05, 4.69) is 0 Å². The molecule has 2 N–H and O–H groups in total. The Morgan fingerprint density at radius 2 is 2.12 bits per heavy atom. The lowest BCUT2D eigenvalue weighted by Crippen LogP contribution is -2.01. The van der Waals surface area contributed by atoms with Crippen molar-refractivity contribution < 1.29 is 19.8 Å². The summed E-state index contributed by atoms with van der Waals surface area (Å²) >= 11 is 0. The van der Waals surface area contributed by atoms with Gasteiger partial charge in [-0.3, -0.25) is 9.59 Å². The Hall–Kier alpha value is -1.42. The Labute approximate surface area is 94.3 Å². The van der Waals surface area contributed by atoms with Crippen molar-refractivity contribution in [3.05, 3.63) is 23.8 Å². The molecule has 0 saturated carbocycles. The van der Waals surface area contributed by atoms with Gasteiger partial charge < -0.3 is 10.2 Å². The van der Waals surface area contributed by atoms with E-state index in [1.54, 1.807) is 6.08 Å². The molecular weight excluding hydrogens is 208 g/mol. The zero-order valence-corrected chi connectivity index (χ0v) is 9.06. The lowest BCUT2D eigenvalue weighted by molar-refractivity contribution is -0.136. The van der Waals surface area contributed by atoms with Gasteiger partial charge in [0.2, 0.25) is 0 Å². The third kappa shape index (κ3) is 4.40. The van der Waals surface area contributed by atoms with Crippen LogP contribution in [0.1, 0.15) is 32.1 Å². The van der Waals surface area contributed by atoms with Crippen LogP contribution in [0.15, 0.2) is 23.8 Å². The molecule has 0 amide bonds. The highest BCUT2D eigenvalue weighted by molar-refractivity contribution is 5.98. The van der Waals surface area contributed by atoms with Crippen molar-refractivity contribution in [2.75, 3.05) is 0 Å². The molecule has 1 rings (SSSR count). The van der Waals surface area contributed by atoms with Crippen LogP contribution in [-0.2, 0) is 9.59 Å². The lowest BCUT2D eigenvalue weighted by Gasteiger charge is -1.95. The summed E-state index contributed by atoms with van der Waals surface area (Å²) in [5, 5.41) is 17.6. The van der Waals surface area contributed by atoms with Crippen molar-refractivity contribution in [2.45, 2.75) is 38.2 Å². The van der Waals surface area contributed by atoms with E-state index in [1.165, 1.54) is 0 Å². The topological polar surface area (TPSA) is 74.6 Å². The third-order valence-corrected chi connectivity index (χ3v) is 2.42. The molecule has 0 bridgehead atoms.